The van der Waals surface area contributed by atoms with Gasteiger partial charge in [-0.2, -0.15) is 0 Å². The first-order valence-corrected chi connectivity index (χ1v) is 8.67. The van der Waals surface area contributed by atoms with E-state index >= 15 is 0 Å². The fraction of sp³-hybridized carbons (Fsp3) is 0.235. The molecule has 1 aliphatic heterocycles. The topological polar surface area (TPSA) is 101 Å². The predicted octanol–water partition coefficient (Wildman–Crippen LogP) is 2.11. The molecule has 0 radical (unpaired) electrons. The maximum atomic E-state index is 12.6. The zero-order valence-corrected chi connectivity index (χ0v) is 14.3. The van der Waals surface area contributed by atoms with Gasteiger partial charge in [0.1, 0.15) is 9.71 Å². The van der Waals surface area contributed by atoms with Crippen LogP contribution < -0.4 is 16.2 Å². The van der Waals surface area contributed by atoms with E-state index in [1.807, 2.05) is 25.2 Å². The first kappa shape index (κ1) is 15.6. The van der Waals surface area contributed by atoms with Crippen molar-refractivity contribution in [1.29, 1.82) is 0 Å². The molecule has 0 bridgehead atoms. The van der Waals surface area contributed by atoms with E-state index in [1.54, 1.807) is 0 Å². The zero-order chi connectivity index (χ0) is 17.7. The number of hydrogen-bond acceptors (Lipinski definition) is 6. The van der Waals surface area contributed by atoms with Gasteiger partial charge < -0.3 is 15.7 Å². The van der Waals surface area contributed by atoms with Crippen LogP contribution in [0.15, 0.2) is 29.1 Å². The summed E-state index contributed by atoms with van der Waals surface area (Å²) in [5, 5.41) is 9.24. The lowest BCUT2D eigenvalue weighted by Gasteiger charge is -2.28. The summed E-state index contributed by atoms with van der Waals surface area (Å²) < 4.78 is 1.45. The number of nitrogens with two attached hydrogens (primary N) is 1. The van der Waals surface area contributed by atoms with Gasteiger partial charge in [-0.25, -0.2) is 9.78 Å². The minimum Gasteiger partial charge on any atom is -0.477 e. The molecule has 3 aromatic rings. The van der Waals surface area contributed by atoms with Gasteiger partial charge >= 0.3 is 5.97 Å². The van der Waals surface area contributed by atoms with Crippen LogP contribution in [0.1, 0.15) is 21.7 Å². The number of carbonyl (C=O) groups is 1. The number of thiophene rings is 1. The number of nitrogen functional groups attached to an aromatic ring is 1. The molecule has 0 aliphatic carbocycles. The van der Waals surface area contributed by atoms with Gasteiger partial charge in [0.25, 0.3) is 5.56 Å². The van der Waals surface area contributed by atoms with Crippen molar-refractivity contribution in [1.82, 2.24) is 9.55 Å². The zero-order valence-electron chi connectivity index (χ0n) is 13.5. The fourth-order valence-electron chi connectivity index (χ4n) is 3.24. The van der Waals surface area contributed by atoms with Crippen LogP contribution >= 0.6 is 11.3 Å². The monoisotopic (exact) mass is 356 g/mol. The van der Waals surface area contributed by atoms with Gasteiger partial charge in [0, 0.05) is 19.3 Å². The number of carboxylic acids is 1. The Hall–Kier alpha value is -2.87. The number of hydrogen-bond donors (Lipinski definition) is 2. The van der Waals surface area contributed by atoms with Crippen molar-refractivity contribution in [2.75, 3.05) is 24.2 Å². The third-order valence-corrected chi connectivity index (χ3v) is 5.47. The van der Waals surface area contributed by atoms with Crippen LogP contribution in [0.25, 0.3) is 16.0 Å². The van der Waals surface area contributed by atoms with Gasteiger partial charge in [-0.3, -0.25) is 9.36 Å². The lowest BCUT2D eigenvalue weighted by atomic mass is 10.0. The molecule has 0 atom stereocenters. The number of rotatable bonds is 2. The molecule has 2 aromatic heterocycles. The molecule has 4 rings (SSSR count). The van der Waals surface area contributed by atoms with Gasteiger partial charge in [0.05, 0.1) is 11.2 Å². The summed E-state index contributed by atoms with van der Waals surface area (Å²) in [6.45, 7) is 0.959. The van der Waals surface area contributed by atoms with Crippen molar-refractivity contribution in [3.63, 3.8) is 0 Å². The average Bonchev–Trinajstić information content (AvgIpc) is 3.00. The first-order valence-electron chi connectivity index (χ1n) is 7.85. The molecule has 0 saturated heterocycles. The van der Waals surface area contributed by atoms with E-state index in [0.717, 1.165) is 36.4 Å². The average molecular weight is 356 g/mol. The highest BCUT2D eigenvalue weighted by Gasteiger charge is 2.19. The summed E-state index contributed by atoms with van der Waals surface area (Å²) in [5.74, 6) is -1.19. The highest BCUT2D eigenvalue weighted by Crippen LogP contribution is 2.30. The molecule has 0 fully saturated rings. The van der Waals surface area contributed by atoms with Gasteiger partial charge in [-0.1, -0.05) is 6.07 Å². The number of aromatic nitrogens is 2. The minimum atomic E-state index is -1.05. The lowest BCUT2D eigenvalue weighted by molar-refractivity contribution is 0.0702. The van der Waals surface area contributed by atoms with Gasteiger partial charge in [-0.05, 0) is 36.6 Å². The Morgan fingerprint density at radius 2 is 2.16 bits per heavy atom. The van der Waals surface area contributed by atoms with E-state index in [4.69, 9.17) is 5.73 Å². The van der Waals surface area contributed by atoms with E-state index in [1.165, 1.54) is 16.2 Å². The maximum Gasteiger partial charge on any atom is 0.346 e. The van der Waals surface area contributed by atoms with E-state index in [9.17, 15) is 14.7 Å². The van der Waals surface area contributed by atoms with Crippen LogP contribution in [0.5, 0.6) is 0 Å². The summed E-state index contributed by atoms with van der Waals surface area (Å²) in [6.07, 6.45) is 2.10. The van der Waals surface area contributed by atoms with Crippen molar-refractivity contribution < 1.29 is 9.90 Å². The molecular formula is C17H16N4O3S. The summed E-state index contributed by atoms with van der Waals surface area (Å²) in [5.41, 5.74) is 8.77. The van der Waals surface area contributed by atoms with Crippen LogP contribution in [-0.4, -0.2) is 34.2 Å². The normalized spacial score (nSPS) is 13.9. The Bertz CT molecular complexity index is 1070. The van der Waals surface area contributed by atoms with Crippen molar-refractivity contribution in [2.24, 2.45) is 0 Å². The van der Waals surface area contributed by atoms with Gasteiger partial charge in [0.15, 0.2) is 5.82 Å². The molecule has 25 heavy (non-hydrogen) atoms. The second-order valence-corrected chi connectivity index (χ2v) is 7.11. The summed E-state index contributed by atoms with van der Waals surface area (Å²) >= 11 is 1.01. The Labute approximate surface area is 146 Å². The van der Waals surface area contributed by atoms with E-state index in [0.29, 0.717) is 16.0 Å². The molecule has 1 aliphatic rings. The van der Waals surface area contributed by atoms with Crippen molar-refractivity contribution in [2.45, 2.75) is 12.8 Å². The lowest BCUT2D eigenvalue weighted by Crippen LogP contribution is -2.26. The van der Waals surface area contributed by atoms with E-state index < -0.39 is 11.5 Å². The number of aryl methyl sites for hydroxylation is 1. The smallest absolute Gasteiger partial charge is 0.346 e. The number of aromatic carboxylic acids is 1. The third kappa shape index (κ3) is 2.45. The molecule has 0 saturated carbocycles. The highest BCUT2D eigenvalue weighted by molar-refractivity contribution is 7.20. The molecule has 0 spiro atoms. The Morgan fingerprint density at radius 3 is 2.92 bits per heavy atom. The fourth-order valence-corrected chi connectivity index (χ4v) is 4.11. The van der Waals surface area contributed by atoms with Crippen LogP contribution in [-0.2, 0) is 6.42 Å². The number of nitrogens with zero attached hydrogens (tertiary/aromatic N) is 3. The number of benzene rings is 1. The first-order chi connectivity index (χ1) is 12.0. The van der Waals surface area contributed by atoms with Crippen molar-refractivity contribution >= 4 is 39.2 Å². The predicted molar refractivity (Wildman–Crippen MR) is 98.2 cm³/mol. The summed E-state index contributed by atoms with van der Waals surface area (Å²) in [7, 11) is 2.02. The van der Waals surface area contributed by atoms with Crippen molar-refractivity contribution in [3.05, 3.63) is 45.1 Å². The van der Waals surface area contributed by atoms with Crippen LogP contribution in [0.2, 0.25) is 0 Å². The number of anilines is 2. The largest absolute Gasteiger partial charge is 0.477 e. The Kier molecular flexibility index (Phi) is 3.50. The SMILES string of the molecule is CN1CCCc2ccc(-n3c(=O)c(N)nc4sc(C(=O)O)cc43)cc21. The quantitative estimate of drug-likeness (QED) is 0.729. The molecule has 3 heterocycles. The van der Waals surface area contributed by atoms with E-state index in [-0.39, 0.29) is 10.7 Å². The van der Waals surface area contributed by atoms with Crippen LogP contribution in [0.4, 0.5) is 11.5 Å². The summed E-state index contributed by atoms with van der Waals surface area (Å²) in [4.78, 5) is 30.7. The Balaban J connectivity index is 2.00. The maximum absolute atomic E-state index is 12.6. The number of fused-ring (bicyclic) bond motifs is 2. The highest BCUT2D eigenvalue weighted by atomic mass is 32.1. The molecular weight excluding hydrogens is 340 g/mol. The molecule has 3 N–H and O–H groups in total. The van der Waals surface area contributed by atoms with Crippen LogP contribution in [0.3, 0.4) is 0 Å². The van der Waals surface area contributed by atoms with Gasteiger partial charge in [-0.15, -0.1) is 11.3 Å². The molecule has 7 nitrogen and oxygen atoms in total. The Morgan fingerprint density at radius 1 is 1.36 bits per heavy atom. The molecule has 8 heteroatoms. The van der Waals surface area contributed by atoms with E-state index in [2.05, 4.69) is 9.88 Å². The summed E-state index contributed by atoms with van der Waals surface area (Å²) in [6, 6.07) is 7.31. The standard InChI is InChI=1S/C17H16N4O3S/c1-20-6-2-3-9-4-5-10(7-11(9)20)21-12-8-13(17(23)24)25-15(12)19-14(18)16(21)22/h4-5,7-8H,2-3,6H2,1H3,(H2,18,19)(H,23,24). The molecule has 0 unspecified atom stereocenters. The molecule has 0 amide bonds. The second-order valence-electron chi connectivity index (χ2n) is 6.08. The third-order valence-electron chi connectivity index (χ3n) is 4.47. The molecule has 1 aromatic carbocycles. The van der Waals surface area contributed by atoms with Gasteiger partial charge in [0.2, 0.25) is 0 Å². The van der Waals surface area contributed by atoms with Crippen molar-refractivity contribution in [3.8, 4) is 5.69 Å². The number of carboxylic acid groups (broad SMARTS) is 1. The molecule has 128 valence electrons. The second kappa shape index (κ2) is 5.59. The minimum absolute atomic E-state index is 0.122. The van der Waals surface area contributed by atoms with Crippen LogP contribution in [0, 0.1) is 0 Å².